The summed E-state index contributed by atoms with van der Waals surface area (Å²) in [4.78, 5) is 0. The number of pyridine rings is 1. The van der Waals surface area contributed by atoms with E-state index in [0.717, 1.165) is 55.4 Å². The van der Waals surface area contributed by atoms with Crippen molar-refractivity contribution in [1.29, 1.82) is 5.26 Å². The van der Waals surface area contributed by atoms with Crippen LogP contribution in [0.3, 0.4) is 0 Å². The van der Waals surface area contributed by atoms with Crippen molar-refractivity contribution < 1.29 is 8.98 Å². The van der Waals surface area contributed by atoms with E-state index in [4.69, 9.17) is 4.42 Å². The van der Waals surface area contributed by atoms with Crippen molar-refractivity contribution in [3.63, 3.8) is 0 Å². The van der Waals surface area contributed by atoms with Crippen molar-refractivity contribution in [2.24, 2.45) is 7.05 Å². The Balaban J connectivity index is 1.55. The number of furan rings is 1. The standard InChI is InChI=1S/C37H33N2O/c1-23-18-19-39(6)32(20-23)33-24(2)10-16-30-31-17-15-28(22-38)34(36(31)40-35(30)33)26-13-11-25(12-14-26)27-8-7-9-29(21-27)37(3,4)5/h7-21H,1-6H3/q+1. The lowest BCUT2D eigenvalue weighted by Crippen LogP contribution is -2.30. The minimum atomic E-state index is 0.0846. The van der Waals surface area contributed by atoms with Gasteiger partial charge < -0.3 is 4.42 Å². The molecule has 6 aromatic rings. The van der Waals surface area contributed by atoms with Gasteiger partial charge in [0.05, 0.1) is 17.2 Å². The quantitative estimate of drug-likeness (QED) is 0.218. The lowest BCUT2D eigenvalue weighted by atomic mass is 9.85. The smallest absolute Gasteiger partial charge is 0.216 e. The highest BCUT2D eigenvalue weighted by molar-refractivity contribution is 6.14. The molecular formula is C37H33N2O+. The molecule has 0 atom stereocenters. The summed E-state index contributed by atoms with van der Waals surface area (Å²) in [5.41, 5.74) is 12.3. The van der Waals surface area contributed by atoms with Crippen LogP contribution in [-0.4, -0.2) is 0 Å². The van der Waals surface area contributed by atoms with Crippen molar-refractivity contribution in [1.82, 2.24) is 0 Å². The van der Waals surface area contributed by atoms with Gasteiger partial charge in [-0.2, -0.15) is 5.26 Å². The summed E-state index contributed by atoms with van der Waals surface area (Å²) in [5, 5.41) is 12.2. The molecule has 6 rings (SSSR count). The minimum absolute atomic E-state index is 0.0846. The van der Waals surface area contributed by atoms with Gasteiger partial charge in [0.15, 0.2) is 6.20 Å². The van der Waals surface area contributed by atoms with E-state index in [1.54, 1.807) is 0 Å². The van der Waals surface area contributed by atoms with E-state index in [1.807, 2.05) is 12.1 Å². The lowest BCUT2D eigenvalue weighted by molar-refractivity contribution is -0.660. The number of rotatable bonds is 3. The molecule has 0 bridgehead atoms. The van der Waals surface area contributed by atoms with Crippen molar-refractivity contribution in [3.8, 4) is 39.6 Å². The third-order valence-electron chi connectivity index (χ3n) is 7.94. The van der Waals surface area contributed by atoms with E-state index in [1.165, 1.54) is 16.7 Å². The van der Waals surface area contributed by atoms with Crippen LogP contribution in [0.2, 0.25) is 0 Å². The van der Waals surface area contributed by atoms with Crippen molar-refractivity contribution in [2.75, 3.05) is 0 Å². The second kappa shape index (κ2) is 9.50. The van der Waals surface area contributed by atoms with E-state index in [0.29, 0.717) is 5.56 Å². The van der Waals surface area contributed by atoms with Gasteiger partial charge in [0, 0.05) is 28.5 Å². The average Bonchev–Trinajstić information content (AvgIpc) is 3.32. The fraction of sp³-hybridized carbons (Fsp3) is 0.189. The number of aromatic nitrogens is 1. The Kier molecular flexibility index (Phi) is 6.08. The zero-order valence-corrected chi connectivity index (χ0v) is 24.0. The topological polar surface area (TPSA) is 40.8 Å². The normalized spacial score (nSPS) is 11.7. The number of aryl methyl sites for hydroxylation is 3. The van der Waals surface area contributed by atoms with Crippen molar-refractivity contribution in [3.05, 3.63) is 113 Å². The van der Waals surface area contributed by atoms with E-state index in [9.17, 15) is 5.26 Å². The first-order chi connectivity index (χ1) is 19.2. The third-order valence-corrected chi connectivity index (χ3v) is 7.94. The van der Waals surface area contributed by atoms with Gasteiger partial charge in [-0.15, -0.1) is 0 Å². The van der Waals surface area contributed by atoms with Gasteiger partial charge in [0.25, 0.3) is 0 Å². The SMILES string of the molecule is Cc1cc[n+](C)c(-c2c(C)ccc3c2oc2c(-c4ccc(-c5cccc(C(C)(C)C)c5)cc4)c(C#N)ccc23)c1. The van der Waals surface area contributed by atoms with Crippen LogP contribution < -0.4 is 4.57 Å². The fourth-order valence-electron chi connectivity index (χ4n) is 5.62. The summed E-state index contributed by atoms with van der Waals surface area (Å²) in [6, 6.07) is 32.2. The molecule has 3 nitrogen and oxygen atoms in total. The van der Waals surface area contributed by atoms with Gasteiger partial charge in [0.2, 0.25) is 5.69 Å². The number of nitriles is 1. The number of nitrogens with zero attached hydrogens (tertiary/aromatic N) is 2. The van der Waals surface area contributed by atoms with Gasteiger partial charge in [-0.25, -0.2) is 4.57 Å². The number of fused-ring (bicyclic) bond motifs is 3. The largest absolute Gasteiger partial charge is 0.454 e. The highest BCUT2D eigenvalue weighted by Gasteiger charge is 2.23. The Bertz CT molecular complexity index is 1960. The molecular weight excluding hydrogens is 488 g/mol. The summed E-state index contributed by atoms with van der Waals surface area (Å²) >= 11 is 0. The van der Waals surface area contributed by atoms with E-state index in [-0.39, 0.29) is 5.41 Å². The van der Waals surface area contributed by atoms with Gasteiger partial charge >= 0.3 is 0 Å². The molecule has 0 aliphatic heterocycles. The van der Waals surface area contributed by atoms with Gasteiger partial charge in [0.1, 0.15) is 18.2 Å². The second-order valence-corrected chi connectivity index (χ2v) is 11.8. The highest BCUT2D eigenvalue weighted by Crippen LogP contribution is 2.42. The maximum atomic E-state index is 10.1. The Hall–Kier alpha value is -4.68. The summed E-state index contributed by atoms with van der Waals surface area (Å²) in [6.45, 7) is 10.9. The maximum Gasteiger partial charge on any atom is 0.216 e. The van der Waals surface area contributed by atoms with Crippen LogP contribution in [0.25, 0.3) is 55.4 Å². The molecule has 0 aliphatic carbocycles. The minimum Gasteiger partial charge on any atom is -0.454 e. The molecule has 2 aromatic heterocycles. The van der Waals surface area contributed by atoms with Crippen LogP contribution in [0.5, 0.6) is 0 Å². The number of hydrogen-bond acceptors (Lipinski definition) is 2. The predicted molar refractivity (Wildman–Crippen MR) is 164 cm³/mol. The lowest BCUT2D eigenvalue weighted by Gasteiger charge is -2.20. The van der Waals surface area contributed by atoms with Crippen LogP contribution in [0, 0.1) is 25.2 Å². The van der Waals surface area contributed by atoms with Crippen LogP contribution in [-0.2, 0) is 12.5 Å². The summed E-state index contributed by atoms with van der Waals surface area (Å²) < 4.78 is 8.88. The van der Waals surface area contributed by atoms with Crippen molar-refractivity contribution in [2.45, 2.75) is 40.0 Å². The van der Waals surface area contributed by atoms with Crippen LogP contribution in [0.4, 0.5) is 0 Å². The Morgan fingerprint density at radius 1 is 0.725 bits per heavy atom. The first kappa shape index (κ1) is 25.6. The molecule has 40 heavy (non-hydrogen) atoms. The third kappa shape index (κ3) is 4.27. The molecule has 0 radical (unpaired) electrons. The summed E-state index contributed by atoms with van der Waals surface area (Å²) in [6.07, 6.45) is 2.09. The first-order valence-corrected chi connectivity index (χ1v) is 13.7. The molecule has 0 aliphatic rings. The van der Waals surface area contributed by atoms with Gasteiger partial charge in [-0.05, 0) is 64.8 Å². The Labute approximate surface area is 236 Å². The fourth-order valence-corrected chi connectivity index (χ4v) is 5.62. The maximum absolute atomic E-state index is 10.1. The number of benzene rings is 4. The Morgan fingerprint density at radius 3 is 2.10 bits per heavy atom. The molecule has 0 fully saturated rings. The molecule has 0 unspecified atom stereocenters. The summed E-state index contributed by atoms with van der Waals surface area (Å²) in [5.74, 6) is 0. The molecule has 0 N–H and O–H groups in total. The summed E-state index contributed by atoms with van der Waals surface area (Å²) in [7, 11) is 2.06. The highest BCUT2D eigenvalue weighted by atomic mass is 16.3. The van der Waals surface area contributed by atoms with Gasteiger partial charge in [-0.3, -0.25) is 0 Å². The second-order valence-electron chi connectivity index (χ2n) is 11.8. The van der Waals surface area contributed by atoms with E-state index >= 15 is 0 Å². The van der Waals surface area contributed by atoms with E-state index < -0.39 is 0 Å². The molecule has 2 heterocycles. The molecule has 0 saturated carbocycles. The molecule has 0 amide bonds. The van der Waals surface area contributed by atoms with E-state index in [2.05, 4.69) is 131 Å². The zero-order valence-electron chi connectivity index (χ0n) is 24.0. The van der Waals surface area contributed by atoms with Crippen LogP contribution >= 0.6 is 0 Å². The predicted octanol–water partition coefficient (Wildman–Crippen LogP) is 9.20. The Morgan fingerprint density at radius 2 is 1.40 bits per heavy atom. The monoisotopic (exact) mass is 521 g/mol. The van der Waals surface area contributed by atoms with Crippen molar-refractivity contribution >= 4 is 21.9 Å². The van der Waals surface area contributed by atoms with Gasteiger partial charge in [-0.1, -0.05) is 81.4 Å². The zero-order chi connectivity index (χ0) is 28.2. The van der Waals surface area contributed by atoms with Crippen LogP contribution in [0.1, 0.15) is 43.0 Å². The first-order valence-electron chi connectivity index (χ1n) is 13.7. The molecule has 4 aromatic carbocycles. The molecule has 0 saturated heterocycles. The van der Waals surface area contributed by atoms with Crippen LogP contribution in [0.15, 0.2) is 95.5 Å². The number of hydrogen-bond donors (Lipinski definition) is 0. The molecule has 196 valence electrons. The molecule has 0 spiro atoms. The average molecular weight is 522 g/mol. The molecule has 3 heteroatoms.